The fourth-order valence-corrected chi connectivity index (χ4v) is 1.11. The smallest absolute Gasteiger partial charge is 0.305 e. The number of Topliss-reactive ketones (excluding diaryl/α,β-unsaturated/α-hetero) is 1. The second-order valence-electron chi connectivity index (χ2n) is 3.17. The van der Waals surface area contributed by atoms with Crippen molar-refractivity contribution in [3.05, 3.63) is 29.8 Å². The Labute approximate surface area is 94.2 Å². The minimum Gasteiger partial charge on any atom is -0.497 e. The van der Waals surface area contributed by atoms with Crippen LogP contribution in [0.3, 0.4) is 0 Å². The summed E-state index contributed by atoms with van der Waals surface area (Å²) in [5, 5.41) is 0. The number of carbonyl (C=O) groups is 2. The van der Waals surface area contributed by atoms with Gasteiger partial charge in [0.2, 0.25) is 0 Å². The fourth-order valence-electron chi connectivity index (χ4n) is 1.11. The Morgan fingerprint density at radius 1 is 1.19 bits per heavy atom. The molecule has 4 nitrogen and oxygen atoms in total. The van der Waals surface area contributed by atoms with E-state index in [0.717, 1.165) is 0 Å². The maximum atomic E-state index is 11.5. The van der Waals surface area contributed by atoms with Gasteiger partial charge in [0.25, 0.3) is 0 Å². The summed E-state index contributed by atoms with van der Waals surface area (Å²) in [6.07, 6.45) is 0.274. The molecule has 0 radical (unpaired) electrons. The number of hydrogen-bond donors (Lipinski definition) is 0. The van der Waals surface area contributed by atoms with Crippen molar-refractivity contribution in [2.24, 2.45) is 0 Å². The molecule has 0 N–H and O–H groups in total. The lowest BCUT2D eigenvalue weighted by molar-refractivity contribution is -0.142. The molecule has 0 heterocycles. The van der Waals surface area contributed by atoms with E-state index in [0.29, 0.717) is 11.3 Å². The van der Waals surface area contributed by atoms with Crippen LogP contribution in [0.25, 0.3) is 0 Å². The third-order valence-electron chi connectivity index (χ3n) is 2.06. The first kappa shape index (κ1) is 12.2. The van der Waals surface area contributed by atoms with E-state index in [2.05, 4.69) is 0 Å². The number of ether oxygens (including phenoxy) is 2. The number of benzene rings is 1. The Kier molecular flexibility index (Phi) is 4.51. The van der Waals surface area contributed by atoms with Crippen LogP contribution in [0, 0.1) is 0 Å². The van der Waals surface area contributed by atoms with Crippen LogP contribution in [0.5, 0.6) is 5.75 Å². The molecule has 0 unspecified atom stereocenters. The molecule has 4 heteroatoms. The van der Waals surface area contributed by atoms with Gasteiger partial charge in [-0.15, -0.1) is 0 Å². The van der Waals surface area contributed by atoms with Gasteiger partial charge in [-0.2, -0.15) is 0 Å². The van der Waals surface area contributed by atoms with Gasteiger partial charge in [0.1, 0.15) is 5.75 Å². The standard InChI is InChI=1S/C12H14O4/c1-3-12(14)16-8-11(13)9-4-6-10(15-2)7-5-9/h4-7H,3,8H2,1-2H3. The van der Waals surface area contributed by atoms with Crippen LogP contribution in [0.1, 0.15) is 23.7 Å². The maximum absolute atomic E-state index is 11.5. The van der Waals surface area contributed by atoms with Crippen LogP contribution >= 0.6 is 0 Å². The minimum atomic E-state index is -0.373. The Bertz CT molecular complexity index is 367. The minimum absolute atomic E-state index is 0.209. The molecular formula is C12H14O4. The highest BCUT2D eigenvalue weighted by Gasteiger charge is 2.08. The molecule has 1 aromatic rings. The molecule has 16 heavy (non-hydrogen) atoms. The van der Waals surface area contributed by atoms with Gasteiger partial charge in [-0.3, -0.25) is 9.59 Å². The van der Waals surface area contributed by atoms with E-state index in [1.165, 1.54) is 0 Å². The van der Waals surface area contributed by atoms with Crippen molar-refractivity contribution in [1.82, 2.24) is 0 Å². The summed E-state index contributed by atoms with van der Waals surface area (Å²) in [7, 11) is 1.56. The van der Waals surface area contributed by atoms with Crippen LogP contribution in [0.2, 0.25) is 0 Å². The van der Waals surface area contributed by atoms with Gasteiger partial charge in [0.15, 0.2) is 12.4 Å². The summed E-state index contributed by atoms with van der Waals surface area (Å²) in [5.74, 6) is 0.0911. The third kappa shape index (κ3) is 3.38. The normalized spacial score (nSPS) is 9.62. The highest BCUT2D eigenvalue weighted by molar-refractivity contribution is 5.98. The van der Waals surface area contributed by atoms with E-state index in [-0.39, 0.29) is 24.8 Å². The second kappa shape index (κ2) is 5.90. The Morgan fingerprint density at radius 2 is 1.81 bits per heavy atom. The Hall–Kier alpha value is -1.84. The van der Waals surface area contributed by atoms with Crippen LogP contribution in [0.4, 0.5) is 0 Å². The molecule has 0 spiro atoms. The van der Waals surface area contributed by atoms with Gasteiger partial charge in [-0.1, -0.05) is 6.92 Å². The molecule has 0 aromatic heterocycles. The highest BCUT2D eigenvalue weighted by Crippen LogP contribution is 2.11. The SMILES string of the molecule is CCC(=O)OCC(=O)c1ccc(OC)cc1. The van der Waals surface area contributed by atoms with Gasteiger partial charge >= 0.3 is 5.97 Å². The molecule has 0 saturated heterocycles. The van der Waals surface area contributed by atoms with Crippen molar-refractivity contribution in [3.63, 3.8) is 0 Å². The first-order valence-corrected chi connectivity index (χ1v) is 5.00. The van der Waals surface area contributed by atoms with Crippen LogP contribution < -0.4 is 4.74 Å². The summed E-state index contributed by atoms with van der Waals surface area (Å²) in [4.78, 5) is 22.4. The molecule has 0 saturated carbocycles. The lowest BCUT2D eigenvalue weighted by Crippen LogP contribution is -2.13. The summed E-state index contributed by atoms with van der Waals surface area (Å²) in [5.41, 5.74) is 0.504. The van der Waals surface area contributed by atoms with Crippen molar-refractivity contribution >= 4 is 11.8 Å². The zero-order valence-corrected chi connectivity index (χ0v) is 9.36. The first-order chi connectivity index (χ1) is 7.67. The molecule has 0 fully saturated rings. The average molecular weight is 222 g/mol. The molecule has 0 aliphatic heterocycles. The molecular weight excluding hydrogens is 208 g/mol. The lowest BCUT2D eigenvalue weighted by atomic mass is 10.1. The predicted molar refractivity (Wildman–Crippen MR) is 58.6 cm³/mol. The van der Waals surface area contributed by atoms with Crippen molar-refractivity contribution < 1.29 is 19.1 Å². The van der Waals surface area contributed by atoms with Gasteiger partial charge in [-0.05, 0) is 24.3 Å². The molecule has 86 valence electrons. The van der Waals surface area contributed by atoms with E-state index in [1.54, 1.807) is 38.3 Å². The molecule has 0 aliphatic carbocycles. The highest BCUT2D eigenvalue weighted by atomic mass is 16.5. The topological polar surface area (TPSA) is 52.6 Å². The zero-order valence-electron chi connectivity index (χ0n) is 9.36. The lowest BCUT2D eigenvalue weighted by Gasteiger charge is -2.03. The number of methoxy groups -OCH3 is 1. The fraction of sp³-hybridized carbons (Fsp3) is 0.333. The van der Waals surface area contributed by atoms with Crippen molar-refractivity contribution in [2.75, 3.05) is 13.7 Å². The number of carbonyl (C=O) groups excluding carboxylic acids is 2. The largest absolute Gasteiger partial charge is 0.497 e. The molecule has 1 aromatic carbocycles. The second-order valence-corrected chi connectivity index (χ2v) is 3.17. The number of ketones is 1. The van der Waals surface area contributed by atoms with Gasteiger partial charge in [0, 0.05) is 12.0 Å². The van der Waals surface area contributed by atoms with Gasteiger partial charge < -0.3 is 9.47 Å². The molecule has 0 bridgehead atoms. The Morgan fingerprint density at radius 3 is 2.31 bits per heavy atom. The summed E-state index contributed by atoms with van der Waals surface area (Å²) in [6, 6.07) is 6.66. The number of hydrogen-bond acceptors (Lipinski definition) is 4. The summed E-state index contributed by atoms with van der Waals surface area (Å²) >= 11 is 0. The molecule has 1 rings (SSSR count). The van der Waals surface area contributed by atoms with Crippen molar-refractivity contribution in [1.29, 1.82) is 0 Å². The Balaban J connectivity index is 2.56. The van der Waals surface area contributed by atoms with Crippen LogP contribution in [0.15, 0.2) is 24.3 Å². The van der Waals surface area contributed by atoms with Crippen LogP contribution in [-0.4, -0.2) is 25.5 Å². The predicted octanol–water partition coefficient (Wildman–Crippen LogP) is 1.83. The number of rotatable bonds is 5. The number of esters is 1. The van der Waals surface area contributed by atoms with E-state index in [1.807, 2.05) is 0 Å². The first-order valence-electron chi connectivity index (χ1n) is 5.00. The maximum Gasteiger partial charge on any atom is 0.305 e. The zero-order chi connectivity index (χ0) is 12.0. The van der Waals surface area contributed by atoms with Gasteiger partial charge in [0.05, 0.1) is 7.11 Å². The molecule has 0 amide bonds. The molecule has 0 aliphatic rings. The monoisotopic (exact) mass is 222 g/mol. The van der Waals surface area contributed by atoms with Crippen molar-refractivity contribution in [3.8, 4) is 5.75 Å². The van der Waals surface area contributed by atoms with Gasteiger partial charge in [-0.25, -0.2) is 0 Å². The van der Waals surface area contributed by atoms with E-state index >= 15 is 0 Å². The summed E-state index contributed by atoms with van der Waals surface area (Å²) in [6.45, 7) is 1.47. The van der Waals surface area contributed by atoms with E-state index in [9.17, 15) is 9.59 Å². The summed E-state index contributed by atoms with van der Waals surface area (Å²) < 4.78 is 9.71. The third-order valence-corrected chi connectivity index (χ3v) is 2.06. The van der Waals surface area contributed by atoms with Crippen LogP contribution in [-0.2, 0) is 9.53 Å². The van der Waals surface area contributed by atoms with E-state index in [4.69, 9.17) is 9.47 Å². The van der Waals surface area contributed by atoms with Crippen molar-refractivity contribution in [2.45, 2.75) is 13.3 Å². The molecule has 0 atom stereocenters. The quantitative estimate of drug-likeness (QED) is 0.563. The van der Waals surface area contributed by atoms with E-state index < -0.39 is 0 Å². The average Bonchev–Trinajstić information content (AvgIpc) is 2.35.